The summed E-state index contributed by atoms with van der Waals surface area (Å²) >= 11 is 0. The van der Waals surface area contributed by atoms with Crippen LogP contribution in [-0.2, 0) is 4.74 Å². The molecule has 1 saturated heterocycles. The normalized spacial score (nSPS) is 19.0. The van der Waals surface area contributed by atoms with Crippen molar-refractivity contribution >= 4 is 11.7 Å². The molecule has 0 aromatic carbocycles. The van der Waals surface area contributed by atoms with Crippen molar-refractivity contribution in [3.63, 3.8) is 0 Å². The number of hydrogen-bond acceptors (Lipinski definition) is 6. The van der Waals surface area contributed by atoms with Crippen molar-refractivity contribution in [3.05, 3.63) is 17.8 Å². The fraction of sp³-hybridized carbons (Fsp3) is 0.500. The lowest BCUT2D eigenvalue weighted by molar-refractivity contribution is 0.0939. The maximum atomic E-state index is 11.7. The van der Waals surface area contributed by atoms with Gasteiger partial charge < -0.3 is 15.5 Å². The Balaban J connectivity index is 1.85. The standard InChI is InChI=1S/C10H15N5O2/c11-13-9-2-1-8(14-15-9)10(16)12-5-7-3-4-17-6-7/h1-2,7H,3-6,11H2,(H,12,16)(H,13,15). The van der Waals surface area contributed by atoms with E-state index in [-0.39, 0.29) is 11.6 Å². The van der Waals surface area contributed by atoms with E-state index in [4.69, 9.17) is 10.6 Å². The molecule has 1 aliphatic rings. The van der Waals surface area contributed by atoms with E-state index in [2.05, 4.69) is 20.9 Å². The van der Waals surface area contributed by atoms with Gasteiger partial charge in [0.15, 0.2) is 11.5 Å². The lowest BCUT2D eigenvalue weighted by Gasteiger charge is -2.08. The molecule has 7 nitrogen and oxygen atoms in total. The summed E-state index contributed by atoms with van der Waals surface area (Å²) in [5.41, 5.74) is 2.63. The fourth-order valence-corrected chi connectivity index (χ4v) is 1.60. The van der Waals surface area contributed by atoms with Gasteiger partial charge in [0.1, 0.15) is 0 Å². The Morgan fingerprint density at radius 1 is 1.53 bits per heavy atom. The molecule has 2 rings (SSSR count). The molecule has 1 unspecified atom stereocenters. The Hall–Kier alpha value is -1.73. The van der Waals surface area contributed by atoms with Crippen LogP contribution < -0.4 is 16.6 Å². The van der Waals surface area contributed by atoms with Crippen molar-refractivity contribution in [3.8, 4) is 0 Å². The number of ether oxygens (including phenoxy) is 1. The van der Waals surface area contributed by atoms with Gasteiger partial charge in [0.25, 0.3) is 5.91 Å². The van der Waals surface area contributed by atoms with Gasteiger partial charge in [-0.25, -0.2) is 5.84 Å². The first-order valence-electron chi connectivity index (χ1n) is 5.46. The number of nitrogens with two attached hydrogens (primary N) is 1. The molecule has 0 spiro atoms. The van der Waals surface area contributed by atoms with Crippen LogP contribution in [0.1, 0.15) is 16.9 Å². The van der Waals surface area contributed by atoms with Gasteiger partial charge in [-0.2, -0.15) is 0 Å². The highest BCUT2D eigenvalue weighted by molar-refractivity contribution is 5.92. The van der Waals surface area contributed by atoms with E-state index in [1.165, 1.54) is 0 Å². The summed E-state index contributed by atoms with van der Waals surface area (Å²) < 4.78 is 5.22. The molecular weight excluding hydrogens is 222 g/mol. The van der Waals surface area contributed by atoms with Gasteiger partial charge >= 0.3 is 0 Å². The smallest absolute Gasteiger partial charge is 0.271 e. The lowest BCUT2D eigenvalue weighted by atomic mass is 10.1. The van der Waals surface area contributed by atoms with E-state index in [0.717, 1.165) is 13.0 Å². The molecule has 1 amide bonds. The van der Waals surface area contributed by atoms with Gasteiger partial charge in [-0.05, 0) is 18.6 Å². The minimum absolute atomic E-state index is 0.229. The summed E-state index contributed by atoms with van der Waals surface area (Å²) in [5, 5.41) is 10.3. The first-order chi connectivity index (χ1) is 8.29. The van der Waals surface area contributed by atoms with Crippen LogP contribution in [0.5, 0.6) is 0 Å². The van der Waals surface area contributed by atoms with Crippen molar-refractivity contribution in [1.82, 2.24) is 15.5 Å². The zero-order chi connectivity index (χ0) is 12.1. The maximum absolute atomic E-state index is 11.7. The Kier molecular flexibility index (Phi) is 3.84. The highest BCUT2D eigenvalue weighted by Gasteiger charge is 2.17. The minimum atomic E-state index is -0.229. The Morgan fingerprint density at radius 2 is 2.41 bits per heavy atom. The number of anilines is 1. The number of rotatable bonds is 4. The van der Waals surface area contributed by atoms with Crippen LogP contribution >= 0.6 is 0 Å². The summed E-state index contributed by atoms with van der Waals surface area (Å²) in [5.74, 6) is 5.74. The average Bonchev–Trinajstić information content (AvgIpc) is 2.89. The first kappa shape index (κ1) is 11.7. The van der Waals surface area contributed by atoms with Crippen molar-refractivity contribution in [2.75, 3.05) is 25.2 Å². The van der Waals surface area contributed by atoms with Crippen molar-refractivity contribution in [2.45, 2.75) is 6.42 Å². The third kappa shape index (κ3) is 3.11. The molecule has 1 atom stereocenters. The number of nitrogens with zero attached hydrogens (tertiary/aromatic N) is 2. The molecule has 0 aliphatic carbocycles. The quantitative estimate of drug-likeness (QED) is 0.483. The second-order valence-corrected chi connectivity index (χ2v) is 3.89. The predicted molar refractivity (Wildman–Crippen MR) is 61.1 cm³/mol. The SMILES string of the molecule is NNc1ccc(C(=O)NCC2CCOC2)nn1. The summed E-state index contributed by atoms with van der Waals surface area (Å²) in [4.78, 5) is 11.7. The average molecular weight is 237 g/mol. The molecule has 1 aliphatic heterocycles. The van der Waals surface area contributed by atoms with Gasteiger partial charge in [0.05, 0.1) is 6.61 Å². The number of hydrogen-bond donors (Lipinski definition) is 3. The summed E-state index contributed by atoms with van der Waals surface area (Å²) in [6.45, 7) is 2.09. The minimum Gasteiger partial charge on any atom is -0.381 e. The Morgan fingerprint density at radius 3 is 3.00 bits per heavy atom. The molecule has 17 heavy (non-hydrogen) atoms. The van der Waals surface area contributed by atoms with Crippen LogP contribution in [0.25, 0.3) is 0 Å². The zero-order valence-corrected chi connectivity index (χ0v) is 9.35. The number of nitrogen functional groups attached to an aromatic ring is 1. The molecule has 7 heteroatoms. The van der Waals surface area contributed by atoms with E-state index in [1.54, 1.807) is 12.1 Å². The van der Waals surface area contributed by atoms with Gasteiger partial charge in [0.2, 0.25) is 0 Å². The van der Waals surface area contributed by atoms with Crippen LogP contribution in [0.3, 0.4) is 0 Å². The van der Waals surface area contributed by atoms with Crippen LogP contribution in [0.2, 0.25) is 0 Å². The Bertz CT molecular complexity index is 375. The molecular formula is C10H15N5O2. The van der Waals surface area contributed by atoms with Gasteiger partial charge in [0, 0.05) is 19.1 Å². The molecule has 0 bridgehead atoms. The monoisotopic (exact) mass is 237 g/mol. The Labute approximate surface area is 98.7 Å². The highest BCUT2D eigenvalue weighted by Crippen LogP contribution is 2.10. The van der Waals surface area contributed by atoms with E-state index < -0.39 is 0 Å². The third-order valence-corrected chi connectivity index (χ3v) is 2.62. The van der Waals surface area contributed by atoms with Crippen LogP contribution in [0, 0.1) is 5.92 Å². The largest absolute Gasteiger partial charge is 0.381 e. The molecule has 0 saturated carbocycles. The van der Waals surface area contributed by atoms with Crippen LogP contribution in [0.4, 0.5) is 5.82 Å². The summed E-state index contributed by atoms with van der Waals surface area (Å²) in [7, 11) is 0. The van der Waals surface area contributed by atoms with E-state index in [9.17, 15) is 4.79 Å². The van der Waals surface area contributed by atoms with Crippen LogP contribution in [0.15, 0.2) is 12.1 Å². The molecule has 1 aromatic heterocycles. The molecule has 2 heterocycles. The summed E-state index contributed by atoms with van der Waals surface area (Å²) in [6, 6.07) is 3.17. The second-order valence-electron chi connectivity index (χ2n) is 3.89. The molecule has 1 aromatic rings. The molecule has 0 radical (unpaired) electrons. The van der Waals surface area contributed by atoms with E-state index in [0.29, 0.717) is 24.9 Å². The van der Waals surface area contributed by atoms with Crippen molar-refractivity contribution in [2.24, 2.45) is 11.8 Å². The molecule has 92 valence electrons. The number of amides is 1. The fourth-order valence-electron chi connectivity index (χ4n) is 1.60. The number of carbonyl (C=O) groups is 1. The van der Waals surface area contributed by atoms with Crippen LogP contribution in [-0.4, -0.2) is 35.9 Å². The highest BCUT2D eigenvalue weighted by atomic mass is 16.5. The van der Waals surface area contributed by atoms with E-state index >= 15 is 0 Å². The number of carbonyl (C=O) groups excluding carboxylic acids is 1. The number of aromatic nitrogens is 2. The van der Waals surface area contributed by atoms with Gasteiger partial charge in [-0.1, -0.05) is 0 Å². The van der Waals surface area contributed by atoms with Crippen molar-refractivity contribution in [1.29, 1.82) is 0 Å². The van der Waals surface area contributed by atoms with Crippen molar-refractivity contribution < 1.29 is 9.53 Å². The summed E-state index contributed by atoms with van der Waals surface area (Å²) in [6.07, 6.45) is 0.988. The zero-order valence-electron chi connectivity index (χ0n) is 9.35. The number of hydrazine groups is 1. The van der Waals surface area contributed by atoms with Gasteiger partial charge in [-0.3, -0.25) is 4.79 Å². The predicted octanol–water partition coefficient (Wildman–Crippen LogP) is -0.472. The molecule has 1 fully saturated rings. The third-order valence-electron chi connectivity index (χ3n) is 2.62. The second kappa shape index (κ2) is 5.55. The number of nitrogens with one attached hydrogen (secondary N) is 2. The van der Waals surface area contributed by atoms with E-state index in [1.807, 2.05) is 0 Å². The van der Waals surface area contributed by atoms with Gasteiger partial charge in [-0.15, -0.1) is 10.2 Å². The first-order valence-corrected chi connectivity index (χ1v) is 5.46. The topological polar surface area (TPSA) is 102 Å². The maximum Gasteiger partial charge on any atom is 0.271 e. The molecule has 4 N–H and O–H groups in total. The lowest BCUT2D eigenvalue weighted by Crippen LogP contribution is -2.30.